The maximum absolute atomic E-state index is 2.44. The number of benzene rings is 3. The quantitative estimate of drug-likeness (QED) is 0.480. The third-order valence-corrected chi connectivity index (χ3v) is 8.52. The molecule has 0 aliphatic heterocycles. The van der Waals surface area contributed by atoms with E-state index in [0.717, 1.165) is 0 Å². The van der Waals surface area contributed by atoms with E-state index in [1.165, 1.54) is 15.9 Å². The van der Waals surface area contributed by atoms with Gasteiger partial charge in [0.25, 0.3) is 0 Å². The monoisotopic (exact) mass is 384 g/mol. The van der Waals surface area contributed by atoms with Gasteiger partial charge in [0.05, 0.1) is 0 Å². The minimum atomic E-state index is -1.88. The summed E-state index contributed by atoms with van der Waals surface area (Å²) < 4.78 is 0. The van der Waals surface area contributed by atoms with Crippen molar-refractivity contribution in [2.75, 3.05) is 6.66 Å². The zero-order valence-corrected chi connectivity index (χ0v) is 14.8. The molecule has 0 aromatic heterocycles. The van der Waals surface area contributed by atoms with Gasteiger partial charge in [0.15, 0.2) is 0 Å². The first kappa shape index (κ1) is 19.4. The first-order chi connectivity index (χ1) is 9.82. The maximum Gasteiger partial charge on any atom is 0.316 e. The Hall–Kier alpha value is -0.664. The molecule has 0 atom stereocenters. The molecule has 0 saturated carbocycles. The number of hydrogen-bond donors (Lipinski definition) is 0. The molecule has 0 aliphatic rings. The van der Waals surface area contributed by atoms with Crippen molar-refractivity contribution in [1.29, 1.82) is 0 Å². The van der Waals surface area contributed by atoms with E-state index < -0.39 is 7.26 Å². The van der Waals surface area contributed by atoms with E-state index in [-0.39, 0.29) is 40.0 Å². The first-order valence-corrected chi connectivity index (χ1v) is 9.48. The Bertz CT molecular complexity index is 575. The van der Waals surface area contributed by atoms with Crippen molar-refractivity contribution in [3.63, 3.8) is 0 Å². The second-order valence-electron chi connectivity index (χ2n) is 5.22. The van der Waals surface area contributed by atoms with Gasteiger partial charge in [-0.2, -0.15) is 0 Å². The Labute approximate surface area is 160 Å². The Morgan fingerprint density at radius 2 is 0.727 bits per heavy atom. The molecule has 0 spiro atoms. The molecule has 112 valence electrons. The minimum absolute atomic E-state index is 0. The second kappa shape index (κ2) is 8.83. The molecule has 22 heavy (non-hydrogen) atoms. The van der Waals surface area contributed by atoms with Crippen LogP contribution in [-0.4, -0.2) is 29.7 Å². The molecule has 0 radical (unpaired) electrons. The summed E-state index contributed by atoms with van der Waals surface area (Å²) in [4.78, 5) is 0. The summed E-state index contributed by atoms with van der Waals surface area (Å²) in [6, 6.07) is 32.8. The SMILES string of the molecule is Br.C[PH](c1ccccc1)(c1ccccc1)c1ccccc1.[MgH2]. The van der Waals surface area contributed by atoms with Crippen LogP contribution in [0, 0.1) is 0 Å². The zero-order valence-electron chi connectivity index (χ0n) is 12.1. The molecule has 0 amide bonds. The van der Waals surface area contributed by atoms with Gasteiger partial charge in [0.1, 0.15) is 0 Å². The van der Waals surface area contributed by atoms with Crippen LogP contribution < -0.4 is 15.9 Å². The second-order valence-corrected chi connectivity index (χ2v) is 9.21. The Balaban J connectivity index is 0.00000121. The van der Waals surface area contributed by atoms with Gasteiger partial charge in [-0.15, -0.1) is 17.0 Å². The van der Waals surface area contributed by atoms with Crippen LogP contribution in [0.5, 0.6) is 0 Å². The molecular formula is C19H22BrMgP. The van der Waals surface area contributed by atoms with Gasteiger partial charge in [-0.25, -0.2) is 0 Å². The number of hydrogen-bond acceptors (Lipinski definition) is 0. The van der Waals surface area contributed by atoms with Crippen LogP contribution in [0.2, 0.25) is 0 Å². The predicted octanol–water partition coefficient (Wildman–Crippen LogP) is 3.00. The van der Waals surface area contributed by atoms with Crippen LogP contribution in [-0.2, 0) is 0 Å². The Morgan fingerprint density at radius 1 is 0.500 bits per heavy atom. The number of rotatable bonds is 3. The van der Waals surface area contributed by atoms with Crippen LogP contribution in [0.1, 0.15) is 0 Å². The van der Waals surface area contributed by atoms with E-state index in [1.54, 1.807) is 0 Å². The van der Waals surface area contributed by atoms with Crippen LogP contribution >= 0.6 is 24.2 Å². The summed E-state index contributed by atoms with van der Waals surface area (Å²) in [6.07, 6.45) is 0. The van der Waals surface area contributed by atoms with Crippen molar-refractivity contribution >= 4 is 63.2 Å². The molecular weight excluding hydrogens is 363 g/mol. The van der Waals surface area contributed by atoms with E-state index >= 15 is 0 Å². The molecule has 0 heterocycles. The normalized spacial score (nSPS) is 11.0. The summed E-state index contributed by atoms with van der Waals surface area (Å²) in [5, 5.41) is 4.37. The summed E-state index contributed by atoms with van der Waals surface area (Å²) in [5.41, 5.74) is 0. The van der Waals surface area contributed by atoms with E-state index in [2.05, 4.69) is 97.7 Å². The van der Waals surface area contributed by atoms with Crippen LogP contribution in [0.25, 0.3) is 0 Å². The maximum atomic E-state index is 2.44. The molecule has 0 aliphatic carbocycles. The van der Waals surface area contributed by atoms with Crippen molar-refractivity contribution < 1.29 is 0 Å². The fraction of sp³-hybridized carbons (Fsp3) is 0.0526. The molecule has 0 fully saturated rings. The minimum Gasteiger partial charge on any atom is 0.316 e. The Morgan fingerprint density at radius 3 is 0.955 bits per heavy atom. The van der Waals surface area contributed by atoms with Crippen LogP contribution in [0.4, 0.5) is 0 Å². The third kappa shape index (κ3) is 3.80. The van der Waals surface area contributed by atoms with Gasteiger partial charge >= 0.3 is 144 Å². The Kier molecular flexibility index (Phi) is 7.78. The van der Waals surface area contributed by atoms with Crippen molar-refractivity contribution in [3.8, 4) is 0 Å². The first-order valence-electron chi connectivity index (χ1n) is 6.98. The van der Waals surface area contributed by atoms with Crippen LogP contribution in [0.15, 0.2) is 91.0 Å². The van der Waals surface area contributed by atoms with Gasteiger partial charge in [0.2, 0.25) is 0 Å². The fourth-order valence-electron chi connectivity index (χ4n) is 2.81. The van der Waals surface area contributed by atoms with Crippen LogP contribution in [0.3, 0.4) is 0 Å². The topological polar surface area (TPSA) is 0 Å². The van der Waals surface area contributed by atoms with Gasteiger partial charge in [-0.1, -0.05) is 0 Å². The average molecular weight is 386 g/mol. The predicted molar refractivity (Wildman–Crippen MR) is 111 cm³/mol. The molecule has 3 heteroatoms. The van der Waals surface area contributed by atoms with Gasteiger partial charge < -0.3 is 0 Å². The van der Waals surface area contributed by atoms with Gasteiger partial charge in [-0.3, -0.25) is 0 Å². The van der Waals surface area contributed by atoms with Gasteiger partial charge in [-0.05, 0) is 0 Å². The molecule has 0 unspecified atom stereocenters. The van der Waals surface area contributed by atoms with Crippen molar-refractivity contribution in [1.82, 2.24) is 0 Å². The van der Waals surface area contributed by atoms with Gasteiger partial charge in [0, 0.05) is 0 Å². The molecule has 0 bridgehead atoms. The smallest absolute Gasteiger partial charge is 0.316 e. The van der Waals surface area contributed by atoms with Crippen molar-refractivity contribution in [3.05, 3.63) is 91.0 Å². The molecule has 0 saturated heterocycles. The summed E-state index contributed by atoms with van der Waals surface area (Å²) in [5.74, 6) is 0. The van der Waals surface area contributed by atoms with Crippen molar-refractivity contribution in [2.24, 2.45) is 0 Å². The number of halogens is 1. The summed E-state index contributed by atoms with van der Waals surface area (Å²) in [7, 11) is -1.88. The molecule has 3 aromatic carbocycles. The summed E-state index contributed by atoms with van der Waals surface area (Å²) >= 11 is 0. The zero-order chi connectivity index (χ0) is 13.8. The van der Waals surface area contributed by atoms with E-state index in [9.17, 15) is 0 Å². The van der Waals surface area contributed by atoms with E-state index in [1.807, 2.05) is 0 Å². The molecule has 0 nitrogen and oxygen atoms in total. The third-order valence-electron chi connectivity index (χ3n) is 4.05. The summed E-state index contributed by atoms with van der Waals surface area (Å²) in [6.45, 7) is 2.44. The molecule has 3 rings (SSSR count). The molecule has 0 N–H and O–H groups in total. The molecule has 3 aromatic rings. The average Bonchev–Trinajstić information content (AvgIpc) is 2.56. The van der Waals surface area contributed by atoms with E-state index in [4.69, 9.17) is 0 Å². The standard InChI is InChI=1S/C19H19P.BrH.Mg.2H/c1-20(17-11-5-2-6-12-17,18-13-7-3-8-14-18)19-15-9-4-10-16-19;;;;/h2-16,20H,1H3;1H;;;. The van der Waals surface area contributed by atoms with Crippen molar-refractivity contribution in [2.45, 2.75) is 0 Å². The largest absolute Gasteiger partial charge is 0.316 e. The fourth-order valence-corrected chi connectivity index (χ4v) is 6.39. The van der Waals surface area contributed by atoms with E-state index in [0.29, 0.717) is 0 Å².